The Bertz CT molecular complexity index is 1150. The van der Waals surface area contributed by atoms with Crippen molar-refractivity contribution in [1.29, 1.82) is 0 Å². The van der Waals surface area contributed by atoms with Crippen LogP contribution in [0.25, 0.3) is 18.2 Å². The highest BCUT2D eigenvalue weighted by atomic mass is 16.5. The summed E-state index contributed by atoms with van der Waals surface area (Å²) in [5.74, 6) is -0.228. The summed E-state index contributed by atoms with van der Waals surface area (Å²) in [6.07, 6.45) is 8.36. The molecule has 0 bridgehead atoms. The van der Waals surface area contributed by atoms with Gasteiger partial charge >= 0.3 is 0 Å². The Hall–Kier alpha value is -4.52. The SMILES string of the molecule is COc1cc(/C=C/C(=O)C(=Cc2ccco2)C(=O)/C=C/c2ccc(O)c(OC)c2)ccc1O. The fraction of sp³-hybridized carbons (Fsp3) is 0.0769. The molecule has 0 aliphatic heterocycles. The third-order valence-corrected chi connectivity index (χ3v) is 4.62. The molecule has 33 heavy (non-hydrogen) atoms. The van der Waals surface area contributed by atoms with Crippen LogP contribution in [0.4, 0.5) is 0 Å². The number of carbonyl (C=O) groups excluding carboxylic acids is 2. The first-order valence-electron chi connectivity index (χ1n) is 9.85. The number of methoxy groups -OCH3 is 2. The van der Waals surface area contributed by atoms with Gasteiger partial charge in [-0.2, -0.15) is 0 Å². The maximum Gasteiger partial charge on any atom is 0.189 e. The van der Waals surface area contributed by atoms with Gasteiger partial charge in [0.25, 0.3) is 0 Å². The molecule has 2 aromatic carbocycles. The number of rotatable bonds is 9. The topological polar surface area (TPSA) is 106 Å². The van der Waals surface area contributed by atoms with E-state index in [9.17, 15) is 19.8 Å². The Morgan fingerprint density at radius 2 is 1.33 bits per heavy atom. The second-order valence-corrected chi connectivity index (χ2v) is 6.83. The lowest BCUT2D eigenvalue weighted by molar-refractivity contribution is -0.116. The first-order valence-corrected chi connectivity index (χ1v) is 9.85. The van der Waals surface area contributed by atoms with E-state index in [4.69, 9.17) is 13.9 Å². The number of ketones is 2. The summed E-state index contributed by atoms with van der Waals surface area (Å²) in [4.78, 5) is 25.8. The summed E-state index contributed by atoms with van der Waals surface area (Å²) < 4.78 is 15.4. The lowest BCUT2D eigenvalue weighted by Crippen LogP contribution is -2.08. The van der Waals surface area contributed by atoms with Crippen LogP contribution in [0.1, 0.15) is 16.9 Å². The Morgan fingerprint density at radius 3 is 1.76 bits per heavy atom. The largest absolute Gasteiger partial charge is 0.504 e. The van der Waals surface area contributed by atoms with E-state index in [0.717, 1.165) is 0 Å². The highest BCUT2D eigenvalue weighted by Crippen LogP contribution is 2.28. The minimum Gasteiger partial charge on any atom is -0.504 e. The van der Waals surface area contributed by atoms with E-state index in [0.29, 0.717) is 16.9 Å². The Balaban J connectivity index is 1.87. The number of allylic oxidation sites excluding steroid dienone is 3. The Labute approximate surface area is 190 Å². The summed E-state index contributed by atoms with van der Waals surface area (Å²) in [6, 6.07) is 12.5. The van der Waals surface area contributed by atoms with E-state index >= 15 is 0 Å². The molecule has 3 aromatic rings. The molecular formula is C26H22O7. The van der Waals surface area contributed by atoms with Gasteiger partial charge in [-0.05, 0) is 65.8 Å². The number of benzene rings is 2. The molecule has 0 atom stereocenters. The number of ether oxygens (including phenoxy) is 2. The monoisotopic (exact) mass is 446 g/mol. The van der Waals surface area contributed by atoms with E-state index in [1.165, 1.54) is 63.0 Å². The molecular weight excluding hydrogens is 424 g/mol. The van der Waals surface area contributed by atoms with E-state index in [1.54, 1.807) is 36.4 Å². The van der Waals surface area contributed by atoms with Crippen LogP contribution in [-0.2, 0) is 9.59 Å². The van der Waals surface area contributed by atoms with Crippen LogP contribution in [0.5, 0.6) is 23.0 Å². The predicted molar refractivity (Wildman–Crippen MR) is 124 cm³/mol. The lowest BCUT2D eigenvalue weighted by Gasteiger charge is -2.04. The van der Waals surface area contributed by atoms with Crippen LogP contribution in [0.15, 0.2) is 76.9 Å². The zero-order chi connectivity index (χ0) is 23.8. The third kappa shape index (κ3) is 6.01. The van der Waals surface area contributed by atoms with Gasteiger partial charge in [0, 0.05) is 0 Å². The zero-order valence-corrected chi connectivity index (χ0v) is 18.0. The van der Waals surface area contributed by atoms with Crippen molar-refractivity contribution in [2.24, 2.45) is 0 Å². The normalized spacial score (nSPS) is 11.0. The number of phenols is 2. The van der Waals surface area contributed by atoms with E-state index in [-0.39, 0.29) is 28.6 Å². The average molecular weight is 446 g/mol. The van der Waals surface area contributed by atoms with Gasteiger partial charge in [-0.3, -0.25) is 9.59 Å². The molecule has 0 saturated heterocycles. The highest BCUT2D eigenvalue weighted by Gasteiger charge is 2.15. The molecule has 0 aliphatic rings. The van der Waals surface area contributed by atoms with Crippen molar-refractivity contribution in [3.05, 3.63) is 89.4 Å². The smallest absolute Gasteiger partial charge is 0.189 e. The number of phenolic OH excluding ortho intramolecular Hbond substituents is 2. The number of furan rings is 1. The van der Waals surface area contributed by atoms with Crippen LogP contribution >= 0.6 is 0 Å². The first-order chi connectivity index (χ1) is 15.9. The molecule has 0 saturated carbocycles. The molecule has 1 aromatic heterocycles. The maximum atomic E-state index is 12.9. The van der Waals surface area contributed by atoms with Crippen molar-refractivity contribution in [3.8, 4) is 23.0 Å². The molecule has 7 nitrogen and oxygen atoms in total. The average Bonchev–Trinajstić information content (AvgIpc) is 3.34. The molecule has 7 heteroatoms. The molecule has 168 valence electrons. The standard InChI is InChI=1S/C26H22O7/c1-31-25-14-17(7-11-23(25)29)5-9-21(27)20(16-19-4-3-13-33-19)22(28)10-6-18-8-12-24(30)26(15-18)32-2/h3-16,29-30H,1-2H3/b9-5+,10-6+. The Morgan fingerprint density at radius 1 is 0.818 bits per heavy atom. The van der Waals surface area contributed by atoms with Crippen molar-refractivity contribution in [2.75, 3.05) is 14.2 Å². The Kier molecular flexibility index (Phi) is 7.49. The third-order valence-electron chi connectivity index (χ3n) is 4.62. The van der Waals surface area contributed by atoms with Crippen molar-refractivity contribution in [1.82, 2.24) is 0 Å². The number of hydrogen-bond donors (Lipinski definition) is 2. The second kappa shape index (κ2) is 10.7. The molecule has 0 spiro atoms. The summed E-state index contributed by atoms with van der Waals surface area (Å²) >= 11 is 0. The van der Waals surface area contributed by atoms with E-state index in [1.807, 2.05) is 0 Å². The summed E-state index contributed by atoms with van der Waals surface area (Å²) in [7, 11) is 2.85. The zero-order valence-electron chi connectivity index (χ0n) is 18.0. The first kappa shape index (κ1) is 23.1. The van der Waals surface area contributed by atoms with Crippen molar-refractivity contribution >= 4 is 29.8 Å². The van der Waals surface area contributed by atoms with Gasteiger partial charge in [0.05, 0.1) is 26.1 Å². The fourth-order valence-electron chi connectivity index (χ4n) is 2.90. The quantitative estimate of drug-likeness (QED) is 0.280. The van der Waals surface area contributed by atoms with Crippen molar-refractivity contribution in [3.63, 3.8) is 0 Å². The van der Waals surface area contributed by atoms with Crippen LogP contribution in [0.3, 0.4) is 0 Å². The van der Waals surface area contributed by atoms with Gasteiger partial charge < -0.3 is 24.1 Å². The molecule has 0 unspecified atom stereocenters. The van der Waals surface area contributed by atoms with Crippen LogP contribution in [-0.4, -0.2) is 36.0 Å². The number of aromatic hydroxyl groups is 2. The van der Waals surface area contributed by atoms with Crippen LogP contribution in [0.2, 0.25) is 0 Å². The molecule has 0 radical (unpaired) electrons. The van der Waals surface area contributed by atoms with Crippen LogP contribution < -0.4 is 9.47 Å². The minimum absolute atomic E-state index is 0.0226. The van der Waals surface area contributed by atoms with Gasteiger partial charge in [0.1, 0.15) is 5.76 Å². The highest BCUT2D eigenvalue weighted by molar-refractivity contribution is 6.31. The maximum absolute atomic E-state index is 12.9. The molecule has 3 rings (SSSR count). The molecule has 0 fully saturated rings. The van der Waals surface area contributed by atoms with Gasteiger partial charge in [0.2, 0.25) is 0 Å². The fourth-order valence-corrected chi connectivity index (χ4v) is 2.90. The van der Waals surface area contributed by atoms with E-state index < -0.39 is 11.6 Å². The minimum atomic E-state index is -0.531. The summed E-state index contributed by atoms with van der Waals surface area (Å²) in [5.41, 5.74) is 1.11. The van der Waals surface area contributed by atoms with Crippen LogP contribution in [0, 0.1) is 0 Å². The second-order valence-electron chi connectivity index (χ2n) is 6.83. The predicted octanol–water partition coefficient (Wildman–Crippen LogP) is 4.66. The van der Waals surface area contributed by atoms with Gasteiger partial charge in [-0.15, -0.1) is 0 Å². The molecule has 1 heterocycles. The van der Waals surface area contributed by atoms with Gasteiger partial charge in [-0.25, -0.2) is 0 Å². The van der Waals surface area contributed by atoms with Gasteiger partial charge in [0.15, 0.2) is 34.6 Å². The molecule has 0 amide bonds. The molecule has 2 N–H and O–H groups in total. The molecule has 0 aliphatic carbocycles. The van der Waals surface area contributed by atoms with E-state index in [2.05, 4.69) is 0 Å². The lowest BCUT2D eigenvalue weighted by atomic mass is 10.0. The summed E-state index contributed by atoms with van der Waals surface area (Å²) in [5, 5.41) is 19.4. The number of hydrogen-bond acceptors (Lipinski definition) is 7. The number of carbonyl (C=O) groups is 2. The van der Waals surface area contributed by atoms with Crippen molar-refractivity contribution < 1.29 is 33.7 Å². The summed E-state index contributed by atoms with van der Waals surface area (Å²) in [6.45, 7) is 0. The van der Waals surface area contributed by atoms with Crippen molar-refractivity contribution in [2.45, 2.75) is 0 Å². The van der Waals surface area contributed by atoms with Gasteiger partial charge in [-0.1, -0.05) is 24.3 Å².